The lowest BCUT2D eigenvalue weighted by Crippen LogP contribution is -2.33. The Morgan fingerprint density at radius 2 is 2.20 bits per heavy atom. The standard InChI is InChI=1S/C13H15FN2O3S/c14-11-4-2-6-13(10(11)7-15)20(18,19)16-8-9-3-1-5-12(9)17/h2,4,6,9,12,16-17H,1,3,5,8H2. The smallest absolute Gasteiger partial charge is 0.242 e. The van der Waals surface area contributed by atoms with Crippen molar-refractivity contribution in [2.24, 2.45) is 5.92 Å². The highest BCUT2D eigenvalue weighted by molar-refractivity contribution is 7.89. The molecule has 0 amide bonds. The number of nitriles is 1. The van der Waals surface area contributed by atoms with E-state index in [9.17, 15) is 17.9 Å². The number of nitrogens with zero attached hydrogens (tertiary/aromatic N) is 1. The van der Waals surface area contributed by atoms with E-state index in [1.165, 1.54) is 12.1 Å². The second kappa shape index (κ2) is 5.87. The third-order valence-electron chi connectivity index (χ3n) is 3.53. The van der Waals surface area contributed by atoms with Crippen LogP contribution in [0.1, 0.15) is 24.8 Å². The molecule has 108 valence electrons. The zero-order chi connectivity index (χ0) is 14.8. The van der Waals surface area contributed by atoms with Crippen LogP contribution < -0.4 is 4.72 Å². The molecule has 7 heteroatoms. The van der Waals surface area contributed by atoms with E-state index in [1.807, 2.05) is 0 Å². The molecule has 1 fully saturated rings. The topological polar surface area (TPSA) is 90.2 Å². The van der Waals surface area contributed by atoms with Crippen LogP contribution in [0.3, 0.4) is 0 Å². The van der Waals surface area contributed by atoms with Crippen molar-refractivity contribution in [1.82, 2.24) is 4.72 Å². The molecule has 0 heterocycles. The summed E-state index contributed by atoms with van der Waals surface area (Å²) in [7, 11) is -3.96. The third-order valence-corrected chi connectivity index (χ3v) is 5.00. The van der Waals surface area contributed by atoms with Gasteiger partial charge in [-0.05, 0) is 30.9 Å². The molecular weight excluding hydrogens is 283 g/mol. The number of sulfonamides is 1. The molecule has 0 aromatic heterocycles. The molecular formula is C13H15FN2O3S. The molecule has 2 N–H and O–H groups in total. The predicted octanol–water partition coefficient (Wildman–Crippen LogP) is 1.14. The van der Waals surface area contributed by atoms with Crippen molar-refractivity contribution >= 4 is 10.0 Å². The van der Waals surface area contributed by atoms with Gasteiger partial charge in [-0.1, -0.05) is 12.5 Å². The number of rotatable bonds is 4. The van der Waals surface area contributed by atoms with Gasteiger partial charge in [0.1, 0.15) is 22.3 Å². The van der Waals surface area contributed by atoms with Crippen LogP contribution in [0.4, 0.5) is 4.39 Å². The normalized spacial score (nSPS) is 22.6. The Bertz CT molecular complexity index is 640. The van der Waals surface area contributed by atoms with Crippen LogP contribution in [-0.4, -0.2) is 26.2 Å². The maximum atomic E-state index is 13.4. The monoisotopic (exact) mass is 298 g/mol. The molecule has 1 saturated carbocycles. The summed E-state index contributed by atoms with van der Waals surface area (Å²) in [6, 6.07) is 5.04. The first-order valence-electron chi connectivity index (χ1n) is 6.32. The molecule has 1 aromatic rings. The molecule has 0 radical (unpaired) electrons. The van der Waals surface area contributed by atoms with E-state index in [4.69, 9.17) is 5.26 Å². The Morgan fingerprint density at radius 3 is 2.80 bits per heavy atom. The first-order valence-corrected chi connectivity index (χ1v) is 7.80. The number of benzene rings is 1. The van der Waals surface area contributed by atoms with Gasteiger partial charge in [0, 0.05) is 6.54 Å². The molecule has 0 aliphatic heterocycles. The molecule has 20 heavy (non-hydrogen) atoms. The highest BCUT2D eigenvalue weighted by Gasteiger charge is 2.28. The van der Waals surface area contributed by atoms with E-state index in [0.717, 1.165) is 18.9 Å². The average Bonchev–Trinajstić information content (AvgIpc) is 2.82. The van der Waals surface area contributed by atoms with Crippen molar-refractivity contribution in [3.05, 3.63) is 29.6 Å². The zero-order valence-corrected chi connectivity index (χ0v) is 11.5. The van der Waals surface area contributed by atoms with Gasteiger partial charge in [0.25, 0.3) is 0 Å². The molecule has 0 spiro atoms. The molecule has 5 nitrogen and oxygen atoms in total. The van der Waals surface area contributed by atoms with Gasteiger partial charge in [-0.2, -0.15) is 5.26 Å². The van der Waals surface area contributed by atoms with E-state index in [2.05, 4.69) is 4.72 Å². The van der Waals surface area contributed by atoms with Gasteiger partial charge in [-0.25, -0.2) is 17.5 Å². The summed E-state index contributed by atoms with van der Waals surface area (Å²) in [6.07, 6.45) is 1.76. The average molecular weight is 298 g/mol. The fraction of sp³-hybridized carbons (Fsp3) is 0.462. The maximum absolute atomic E-state index is 13.4. The van der Waals surface area contributed by atoms with E-state index in [-0.39, 0.29) is 17.4 Å². The lowest BCUT2D eigenvalue weighted by molar-refractivity contribution is 0.134. The first-order chi connectivity index (χ1) is 9.45. The molecule has 2 rings (SSSR count). The number of nitrogens with one attached hydrogen (secondary N) is 1. The molecule has 2 atom stereocenters. The van der Waals surface area contributed by atoms with Gasteiger partial charge in [-0.15, -0.1) is 0 Å². The minimum atomic E-state index is -3.96. The summed E-state index contributed by atoms with van der Waals surface area (Å²) in [5.74, 6) is -1.000. The van der Waals surface area contributed by atoms with Gasteiger partial charge in [0.2, 0.25) is 10.0 Å². The number of aliphatic hydroxyl groups is 1. The van der Waals surface area contributed by atoms with Crippen LogP contribution in [0, 0.1) is 23.1 Å². The fourth-order valence-electron chi connectivity index (χ4n) is 2.39. The highest BCUT2D eigenvalue weighted by Crippen LogP contribution is 2.25. The van der Waals surface area contributed by atoms with Gasteiger partial charge in [0.05, 0.1) is 6.10 Å². The molecule has 0 bridgehead atoms. The Labute approximate surface area is 117 Å². The van der Waals surface area contributed by atoms with Crippen LogP contribution in [0.25, 0.3) is 0 Å². The van der Waals surface area contributed by atoms with Crippen molar-refractivity contribution in [3.63, 3.8) is 0 Å². The van der Waals surface area contributed by atoms with Gasteiger partial charge in [-0.3, -0.25) is 0 Å². The Hall–Kier alpha value is -1.49. The first kappa shape index (κ1) is 14.9. The van der Waals surface area contributed by atoms with Crippen molar-refractivity contribution < 1.29 is 17.9 Å². The van der Waals surface area contributed by atoms with E-state index in [1.54, 1.807) is 6.07 Å². The molecule has 1 aliphatic carbocycles. The van der Waals surface area contributed by atoms with Crippen LogP contribution in [-0.2, 0) is 10.0 Å². The van der Waals surface area contributed by atoms with Crippen molar-refractivity contribution in [2.45, 2.75) is 30.3 Å². The molecule has 2 unspecified atom stereocenters. The Morgan fingerprint density at radius 1 is 1.45 bits per heavy atom. The number of hydrogen-bond donors (Lipinski definition) is 2. The van der Waals surface area contributed by atoms with Gasteiger partial charge < -0.3 is 5.11 Å². The largest absolute Gasteiger partial charge is 0.393 e. The van der Waals surface area contributed by atoms with Crippen molar-refractivity contribution in [1.29, 1.82) is 5.26 Å². The number of aliphatic hydroxyl groups excluding tert-OH is 1. The number of hydrogen-bond acceptors (Lipinski definition) is 4. The summed E-state index contributed by atoms with van der Waals surface area (Å²) < 4.78 is 40.0. The number of halogens is 1. The minimum absolute atomic E-state index is 0.0882. The van der Waals surface area contributed by atoms with E-state index in [0.29, 0.717) is 6.42 Å². The lowest BCUT2D eigenvalue weighted by Gasteiger charge is -2.15. The minimum Gasteiger partial charge on any atom is -0.393 e. The van der Waals surface area contributed by atoms with Crippen LogP contribution >= 0.6 is 0 Å². The lowest BCUT2D eigenvalue weighted by atomic mass is 10.1. The quantitative estimate of drug-likeness (QED) is 0.872. The Balaban J connectivity index is 2.19. The summed E-state index contributed by atoms with van der Waals surface area (Å²) in [5.41, 5.74) is -0.494. The van der Waals surface area contributed by atoms with Crippen LogP contribution in [0.15, 0.2) is 23.1 Å². The predicted molar refractivity (Wildman–Crippen MR) is 69.7 cm³/mol. The van der Waals surface area contributed by atoms with Gasteiger partial charge >= 0.3 is 0 Å². The highest BCUT2D eigenvalue weighted by atomic mass is 32.2. The van der Waals surface area contributed by atoms with E-state index >= 15 is 0 Å². The van der Waals surface area contributed by atoms with Crippen LogP contribution in [0.5, 0.6) is 0 Å². The molecule has 1 aromatic carbocycles. The Kier molecular flexibility index (Phi) is 4.38. The fourth-order valence-corrected chi connectivity index (χ4v) is 3.65. The van der Waals surface area contributed by atoms with Gasteiger partial charge in [0.15, 0.2) is 0 Å². The van der Waals surface area contributed by atoms with E-state index < -0.39 is 27.5 Å². The second-order valence-corrected chi connectivity index (χ2v) is 6.57. The molecule has 1 aliphatic rings. The van der Waals surface area contributed by atoms with Crippen LogP contribution in [0.2, 0.25) is 0 Å². The third kappa shape index (κ3) is 2.98. The summed E-state index contributed by atoms with van der Waals surface area (Å²) in [5, 5.41) is 18.5. The summed E-state index contributed by atoms with van der Waals surface area (Å²) in [6.45, 7) is 0.0882. The SMILES string of the molecule is N#Cc1c(F)cccc1S(=O)(=O)NCC1CCCC1O. The zero-order valence-electron chi connectivity index (χ0n) is 10.7. The summed E-state index contributed by atoms with van der Waals surface area (Å²) in [4.78, 5) is -0.368. The maximum Gasteiger partial charge on any atom is 0.242 e. The van der Waals surface area contributed by atoms with Crippen molar-refractivity contribution in [3.8, 4) is 6.07 Å². The second-order valence-electron chi connectivity index (χ2n) is 4.84. The molecule has 0 saturated heterocycles. The summed E-state index contributed by atoms with van der Waals surface area (Å²) >= 11 is 0. The van der Waals surface area contributed by atoms with Crippen molar-refractivity contribution in [2.75, 3.05) is 6.54 Å².